The van der Waals surface area contributed by atoms with Gasteiger partial charge in [0.1, 0.15) is 5.60 Å². The summed E-state index contributed by atoms with van der Waals surface area (Å²) in [6, 6.07) is 5.94. The lowest BCUT2D eigenvalue weighted by atomic mass is 10.0. The summed E-state index contributed by atoms with van der Waals surface area (Å²) in [5, 5.41) is 0. The SMILES string of the molecule is COc1ccc(C(CN)N2CCN(C(=O)OC(C)(C)C)CC2)cc1OC. The van der Waals surface area contributed by atoms with E-state index < -0.39 is 5.60 Å². The van der Waals surface area contributed by atoms with Crippen molar-refractivity contribution in [3.8, 4) is 11.5 Å². The monoisotopic (exact) mass is 365 g/mol. The minimum atomic E-state index is -0.479. The van der Waals surface area contributed by atoms with E-state index in [0.717, 1.165) is 18.7 Å². The molecule has 1 heterocycles. The average molecular weight is 365 g/mol. The fourth-order valence-corrected chi connectivity index (χ4v) is 3.10. The van der Waals surface area contributed by atoms with E-state index in [4.69, 9.17) is 19.9 Å². The molecule has 1 aromatic rings. The summed E-state index contributed by atoms with van der Waals surface area (Å²) in [6.45, 7) is 8.86. The normalized spacial score (nSPS) is 16.9. The lowest BCUT2D eigenvalue weighted by Crippen LogP contribution is -2.51. The molecule has 2 rings (SSSR count). The Balaban J connectivity index is 2.03. The predicted octanol–water partition coefficient (Wildman–Crippen LogP) is 2.26. The van der Waals surface area contributed by atoms with Crippen molar-refractivity contribution in [2.45, 2.75) is 32.4 Å². The van der Waals surface area contributed by atoms with Crippen LogP contribution in [0.25, 0.3) is 0 Å². The summed E-state index contributed by atoms with van der Waals surface area (Å²) >= 11 is 0. The Hall–Kier alpha value is -1.99. The molecule has 2 N–H and O–H groups in total. The van der Waals surface area contributed by atoms with Gasteiger partial charge >= 0.3 is 6.09 Å². The van der Waals surface area contributed by atoms with E-state index in [1.807, 2.05) is 39.0 Å². The zero-order valence-electron chi connectivity index (χ0n) is 16.4. The number of amides is 1. The molecular formula is C19H31N3O4. The first-order valence-corrected chi connectivity index (χ1v) is 8.93. The first kappa shape index (κ1) is 20.3. The fourth-order valence-electron chi connectivity index (χ4n) is 3.10. The second-order valence-electron chi connectivity index (χ2n) is 7.37. The van der Waals surface area contributed by atoms with E-state index in [1.54, 1.807) is 19.1 Å². The maximum atomic E-state index is 12.2. The maximum absolute atomic E-state index is 12.2. The Morgan fingerprint density at radius 2 is 1.73 bits per heavy atom. The average Bonchev–Trinajstić information content (AvgIpc) is 2.61. The molecule has 1 aliphatic rings. The smallest absolute Gasteiger partial charge is 0.410 e. The molecule has 0 saturated carbocycles. The summed E-state index contributed by atoms with van der Waals surface area (Å²) in [5.41, 5.74) is 6.66. The van der Waals surface area contributed by atoms with Crippen LogP contribution in [0.1, 0.15) is 32.4 Å². The molecule has 0 radical (unpaired) electrons. The lowest BCUT2D eigenvalue weighted by Gasteiger charge is -2.39. The third-order valence-corrected chi connectivity index (χ3v) is 4.42. The molecule has 1 aliphatic heterocycles. The highest BCUT2D eigenvalue weighted by Crippen LogP contribution is 2.32. The molecule has 1 aromatic carbocycles. The van der Waals surface area contributed by atoms with E-state index >= 15 is 0 Å². The van der Waals surface area contributed by atoms with Crippen molar-refractivity contribution in [1.29, 1.82) is 0 Å². The largest absolute Gasteiger partial charge is 0.493 e. The van der Waals surface area contributed by atoms with E-state index in [1.165, 1.54) is 0 Å². The van der Waals surface area contributed by atoms with Gasteiger partial charge in [0, 0.05) is 38.8 Å². The Morgan fingerprint density at radius 3 is 2.23 bits per heavy atom. The van der Waals surface area contributed by atoms with Crippen LogP contribution in [0.4, 0.5) is 4.79 Å². The van der Waals surface area contributed by atoms with E-state index in [0.29, 0.717) is 31.1 Å². The molecule has 1 fully saturated rings. The van der Waals surface area contributed by atoms with Crippen LogP contribution in [-0.2, 0) is 4.74 Å². The van der Waals surface area contributed by atoms with Crippen molar-refractivity contribution in [2.75, 3.05) is 46.9 Å². The number of piperazine rings is 1. The van der Waals surface area contributed by atoms with Gasteiger partial charge in [0.25, 0.3) is 0 Å². The lowest BCUT2D eigenvalue weighted by molar-refractivity contribution is 0.0106. The topological polar surface area (TPSA) is 77.3 Å². The predicted molar refractivity (Wildman–Crippen MR) is 101 cm³/mol. The van der Waals surface area contributed by atoms with E-state index in [2.05, 4.69) is 4.90 Å². The highest BCUT2D eigenvalue weighted by molar-refractivity contribution is 5.68. The second-order valence-corrected chi connectivity index (χ2v) is 7.37. The third-order valence-electron chi connectivity index (χ3n) is 4.42. The van der Waals surface area contributed by atoms with Crippen LogP contribution in [0, 0.1) is 0 Å². The highest BCUT2D eigenvalue weighted by Gasteiger charge is 2.29. The van der Waals surface area contributed by atoms with Gasteiger partial charge < -0.3 is 24.8 Å². The zero-order chi connectivity index (χ0) is 19.3. The second kappa shape index (κ2) is 8.60. The number of ether oxygens (including phenoxy) is 3. The number of carbonyl (C=O) groups is 1. The van der Waals surface area contributed by atoms with Crippen LogP contribution in [0.15, 0.2) is 18.2 Å². The van der Waals surface area contributed by atoms with Crippen molar-refractivity contribution in [2.24, 2.45) is 5.73 Å². The molecule has 7 nitrogen and oxygen atoms in total. The van der Waals surface area contributed by atoms with Gasteiger partial charge in [-0.3, -0.25) is 4.90 Å². The van der Waals surface area contributed by atoms with Crippen LogP contribution in [0.2, 0.25) is 0 Å². The molecule has 1 atom stereocenters. The number of nitrogens with zero attached hydrogens (tertiary/aromatic N) is 2. The zero-order valence-corrected chi connectivity index (χ0v) is 16.4. The molecule has 1 amide bonds. The minimum absolute atomic E-state index is 0.0654. The van der Waals surface area contributed by atoms with Gasteiger partial charge in [-0.2, -0.15) is 0 Å². The Labute approximate surface area is 156 Å². The summed E-state index contributed by atoms with van der Waals surface area (Å²) in [6.07, 6.45) is -0.257. The molecule has 7 heteroatoms. The van der Waals surface area contributed by atoms with Crippen LogP contribution in [0.3, 0.4) is 0 Å². The third kappa shape index (κ3) is 5.02. The summed E-state index contributed by atoms with van der Waals surface area (Å²) in [5.74, 6) is 1.39. The Bertz CT molecular complexity index is 607. The standard InChI is InChI=1S/C19H31N3O4/c1-19(2,3)26-18(23)22-10-8-21(9-11-22)15(13-20)14-6-7-16(24-4)17(12-14)25-5/h6-7,12,15H,8-11,13,20H2,1-5H3. The molecule has 146 valence electrons. The maximum Gasteiger partial charge on any atom is 0.410 e. The fraction of sp³-hybridized carbons (Fsp3) is 0.632. The van der Waals surface area contributed by atoms with Gasteiger partial charge in [-0.25, -0.2) is 4.79 Å². The van der Waals surface area contributed by atoms with Crippen LogP contribution >= 0.6 is 0 Å². The van der Waals surface area contributed by atoms with Gasteiger partial charge in [0.05, 0.1) is 14.2 Å². The molecule has 26 heavy (non-hydrogen) atoms. The number of carbonyl (C=O) groups excluding carboxylic acids is 1. The Kier molecular flexibility index (Phi) is 6.72. The summed E-state index contributed by atoms with van der Waals surface area (Å²) < 4.78 is 16.2. The minimum Gasteiger partial charge on any atom is -0.493 e. The number of methoxy groups -OCH3 is 2. The van der Waals surface area contributed by atoms with Crippen LogP contribution < -0.4 is 15.2 Å². The number of hydrogen-bond donors (Lipinski definition) is 1. The van der Waals surface area contributed by atoms with Crippen molar-refractivity contribution >= 4 is 6.09 Å². The van der Waals surface area contributed by atoms with Gasteiger partial charge in [-0.05, 0) is 38.5 Å². The van der Waals surface area contributed by atoms with Crippen molar-refractivity contribution in [3.63, 3.8) is 0 Å². The van der Waals surface area contributed by atoms with Gasteiger partial charge in [-0.1, -0.05) is 6.07 Å². The van der Waals surface area contributed by atoms with Gasteiger partial charge in [0.2, 0.25) is 0 Å². The molecule has 0 spiro atoms. The van der Waals surface area contributed by atoms with Gasteiger partial charge in [0.15, 0.2) is 11.5 Å². The molecule has 0 bridgehead atoms. The number of hydrogen-bond acceptors (Lipinski definition) is 6. The first-order chi connectivity index (χ1) is 12.3. The van der Waals surface area contributed by atoms with Crippen LogP contribution in [0.5, 0.6) is 11.5 Å². The molecular weight excluding hydrogens is 334 g/mol. The first-order valence-electron chi connectivity index (χ1n) is 8.93. The highest BCUT2D eigenvalue weighted by atomic mass is 16.6. The number of nitrogens with two attached hydrogens (primary N) is 1. The number of benzene rings is 1. The van der Waals surface area contributed by atoms with Crippen molar-refractivity contribution in [3.05, 3.63) is 23.8 Å². The molecule has 0 aromatic heterocycles. The van der Waals surface area contributed by atoms with E-state index in [-0.39, 0.29) is 12.1 Å². The summed E-state index contributed by atoms with van der Waals surface area (Å²) in [7, 11) is 3.24. The quantitative estimate of drug-likeness (QED) is 0.862. The van der Waals surface area contributed by atoms with Crippen LogP contribution in [-0.4, -0.2) is 68.4 Å². The van der Waals surface area contributed by atoms with E-state index in [9.17, 15) is 4.79 Å². The Morgan fingerprint density at radius 1 is 1.12 bits per heavy atom. The molecule has 1 saturated heterocycles. The van der Waals surface area contributed by atoms with Gasteiger partial charge in [-0.15, -0.1) is 0 Å². The number of rotatable bonds is 5. The molecule has 1 unspecified atom stereocenters. The molecule has 0 aliphatic carbocycles. The van der Waals surface area contributed by atoms with Crippen molar-refractivity contribution in [1.82, 2.24) is 9.80 Å². The summed E-state index contributed by atoms with van der Waals surface area (Å²) in [4.78, 5) is 16.3. The van der Waals surface area contributed by atoms with Crippen molar-refractivity contribution < 1.29 is 19.0 Å².